The molecule has 118 valence electrons. The van der Waals surface area contributed by atoms with Crippen LogP contribution in [0.1, 0.15) is 40.0 Å². The van der Waals surface area contributed by atoms with Crippen LogP contribution in [-0.2, 0) is 4.74 Å². The molecular formula is C14H25N5O2. The minimum Gasteiger partial charge on any atom is -0.461 e. The summed E-state index contributed by atoms with van der Waals surface area (Å²) < 4.78 is 11.1. The lowest BCUT2D eigenvalue weighted by Gasteiger charge is -2.26. The van der Waals surface area contributed by atoms with Crippen molar-refractivity contribution in [2.45, 2.75) is 45.6 Å². The summed E-state index contributed by atoms with van der Waals surface area (Å²) in [4.78, 5) is 14.7. The predicted octanol–water partition coefficient (Wildman–Crippen LogP) is 1.64. The largest absolute Gasteiger partial charge is 0.461 e. The van der Waals surface area contributed by atoms with Crippen LogP contribution in [0.4, 0.5) is 11.9 Å². The zero-order chi connectivity index (χ0) is 15.3. The Bertz CT molecular complexity index is 455. The minimum atomic E-state index is -0.180. The molecule has 2 heterocycles. The molecule has 0 aromatic carbocycles. The van der Waals surface area contributed by atoms with E-state index in [1.165, 1.54) is 6.42 Å². The summed E-state index contributed by atoms with van der Waals surface area (Å²) >= 11 is 0. The Balaban J connectivity index is 1.92. The summed E-state index contributed by atoms with van der Waals surface area (Å²) in [6.07, 6.45) is 3.56. The first-order chi connectivity index (χ1) is 9.94. The molecule has 0 spiro atoms. The van der Waals surface area contributed by atoms with E-state index in [1.54, 1.807) is 0 Å². The molecule has 1 fully saturated rings. The van der Waals surface area contributed by atoms with Crippen molar-refractivity contribution in [3.63, 3.8) is 0 Å². The lowest BCUT2D eigenvalue weighted by molar-refractivity contribution is -0.0173. The molecule has 2 rings (SSSR count). The molecule has 0 radical (unpaired) electrons. The molecule has 7 nitrogen and oxygen atoms in total. The maximum absolute atomic E-state index is 5.74. The van der Waals surface area contributed by atoms with Crippen molar-refractivity contribution in [1.82, 2.24) is 15.0 Å². The van der Waals surface area contributed by atoms with Crippen molar-refractivity contribution < 1.29 is 9.47 Å². The number of hydrogen-bond acceptors (Lipinski definition) is 7. The maximum Gasteiger partial charge on any atom is 0.323 e. The fraction of sp³-hybridized carbons (Fsp3) is 0.786. The molecule has 0 bridgehead atoms. The van der Waals surface area contributed by atoms with Gasteiger partial charge in [-0.25, -0.2) is 0 Å². The first-order valence-corrected chi connectivity index (χ1v) is 7.47. The molecule has 1 aromatic rings. The van der Waals surface area contributed by atoms with Crippen molar-refractivity contribution in [1.29, 1.82) is 0 Å². The van der Waals surface area contributed by atoms with E-state index < -0.39 is 0 Å². The zero-order valence-corrected chi connectivity index (χ0v) is 13.1. The lowest BCUT2D eigenvalue weighted by atomic mass is 10.1. The van der Waals surface area contributed by atoms with E-state index in [0.717, 1.165) is 25.9 Å². The normalized spacial score (nSPS) is 16.0. The van der Waals surface area contributed by atoms with Gasteiger partial charge in [0.25, 0.3) is 0 Å². The van der Waals surface area contributed by atoms with E-state index in [4.69, 9.17) is 15.2 Å². The number of nitrogens with two attached hydrogens (primary N) is 1. The van der Waals surface area contributed by atoms with E-state index in [1.807, 2.05) is 20.8 Å². The van der Waals surface area contributed by atoms with Crippen LogP contribution in [0.3, 0.4) is 0 Å². The van der Waals surface area contributed by atoms with Gasteiger partial charge in [0.2, 0.25) is 11.9 Å². The highest BCUT2D eigenvalue weighted by Crippen LogP contribution is 2.18. The summed E-state index contributed by atoms with van der Waals surface area (Å²) in [6, 6.07) is 0.264. The Hall–Kier alpha value is -1.63. The quantitative estimate of drug-likeness (QED) is 0.826. The van der Waals surface area contributed by atoms with Crippen molar-refractivity contribution in [3.05, 3.63) is 0 Å². The highest BCUT2D eigenvalue weighted by atomic mass is 16.5. The van der Waals surface area contributed by atoms with Gasteiger partial charge in [-0.2, -0.15) is 15.0 Å². The van der Waals surface area contributed by atoms with Gasteiger partial charge < -0.3 is 20.1 Å². The van der Waals surface area contributed by atoms with Gasteiger partial charge in [-0.05, 0) is 40.0 Å². The number of aromatic nitrogens is 3. The smallest absolute Gasteiger partial charge is 0.323 e. The van der Waals surface area contributed by atoms with Crippen molar-refractivity contribution >= 4 is 11.9 Å². The fourth-order valence-electron chi connectivity index (χ4n) is 2.14. The second kappa shape index (κ2) is 6.89. The molecule has 0 unspecified atom stereocenters. The van der Waals surface area contributed by atoms with E-state index in [9.17, 15) is 0 Å². The summed E-state index contributed by atoms with van der Waals surface area (Å²) in [7, 11) is 0. The summed E-state index contributed by atoms with van der Waals surface area (Å²) in [5.74, 6) is 0.797. The van der Waals surface area contributed by atoms with Gasteiger partial charge in [-0.15, -0.1) is 0 Å². The maximum atomic E-state index is 5.74. The van der Waals surface area contributed by atoms with Crippen LogP contribution in [0, 0.1) is 0 Å². The molecule has 0 atom stereocenters. The SMILES string of the molecule is CC(C)(C)OCCOc1nc(N)nc(N2CCCCC2)n1. The molecule has 2 N–H and O–H groups in total. The number of nitrogens with zero attached hydrogens (tertiary/aromatic N) is 4. The molecular weight excluding hydrogens is 270 g/mol. The summed E-state index contributed by atoms with van der Waals surface area (Å²) in [6.45, 7) is 8.79. The van der Waals surface area contributed by atoms with Crippen LogP contribution >= 0.6 is 0 Å². The Morgan fingerprint density at radius 3 is 2.43 bits per heavy atom. The van der Waals surface area contributed by atoms with Gasteiger partial charge >= 0.3 is 6.01 Å². The Morgan fingerprint density at radius 2 is 1.76 bits per heavy atom. The third-order valence-corrected chi connectivity index (χ3v) is 3.11. The highest BCUT2D eigenvalue weighted by molar-refractivity contribution is 5.36. The average molecular weight is 295 g/mol. The Labute approximate surface area is 125 Å². The highest BCUT2D eigenvalue weighted by Gasteiger charge is 2.16. The molecule has 21 heavy (non-hydrogen) atoms. The minimum absolute atomic E-state index is 0.180. The first kappa shape index (κ1) is 15.8. The lowest BCUT2D eigenvalue weighted by Crippen LogP contribution is -2.31. The second-order valence-corrected chi connectivity index (χ2v) is 6.13. The van der Waals surface area contributed by atoms with Crippen LogP contribution in [0.25, 0.3) is 0 Å². The van der Waals surface area contributed by atoms with Gasteiger partial charge in [-0.3, -0.25) is 0 Å². The van der Waals surface area contributed by atoms with Crippen molar-refractivity contribution in [2.24, 2.45) is 0 Å². The standard InChI is InChI=1S/C14H25N5O2/c1-14(2,3)21-10-9-20-13-17-11(15)16-12(18-13)19-7-5-4-6-8-19/h4-10H2,1-3H3,(H2,15,16,17,18). The molecule has 0 aliphatic carbocycles. The number of nitrogen functional groups attached to an aromatic ring is 1. The number of piperidine rings is 1. The van der Waals surface area contributed by atoms with Crippen molar-refractivity contribution in [2.75, 3.05) is 36.9 Å². The second-order valence-electron chi connectivity index (χ2n) is 6.13. The molecule has 1 aliphatic rings. The van der Waals surface area contributed by atoms with Crippen LogP contribution in [0.15, 0.2) is 0 Å². The number of hydrogen-bond donors (Lipinski definition) is 1. The van der Waals surface area contributed by atoms with Gasteiger partial charge in [0.05, 0.1) is 12.2 Å². The van der Waals surface area contributed by atoms with E-state index >= 15 is 0 Å². The average Bonchev–Trinajstić information content (AvgIpc) is 2.43. The van der Waals surface area contributed by atoms with E-state index in [-0.39, 0.29) is 17.6 Å². The number of anilines is 2. The molecule has 0 amide bonds. The molecule has 1 saturated heterocycles. The Kier molecular flexibility index (Phi) is 5.17. The van der Waals surface area contributed by atoms with Gasteiger partial charge in [-0.1, -0.05) is 0 Å². The van der Waals surface area contributed by atoms with Crippen LogP contribution in [0.2, 0.25) is 0 Å². The third-order valence-electron chi connectivity index (χ3n) is 3.11. The van der Waals surface area contributed by atoms with Crippen molar-refractivity contribution in [3.8, 4) is 6.01 Å². The monoisotopic (exact) mass is 295 g/mol. The summed E-state index contributed by atoms with van der Waals surface area (Å²) in [5.41, 5.74) is 5.56. The fourth-order valence-corrected chi connectivity index (χ4v) is 2.14. The topological polar surface area (TPSA) is 86.4 Å². The van der Waals surface area contributed by atoms with Gasteiger partial charge in [0.15, 0.2) is 0 Å². The molecule has 1 aromatic heterocycles. The Morgan fingerprint density at radius 1 is 1.05 bits per heavy atom. The predicted molar refractivity (Wildman–Crippen MR) is 81.5 cm³/mol. The van der Waals surface area contributed by atoms with Crippen LogP contribution in [-0.4, -0.2) is 46.9 Å². The van der Waals surface area contributed by atoms with E-state index in [2.05, 4.69) is 19.9 Å². The molecule has 1 aliphatic heterocycles. The molecule has 0 saturated carbocycles. The number of ether oxygens (including phenoxy) is 2. The van der Waals surface area contributed by atoms with Gasteiger partial charge in [0, 0.05) is 13.1 Å². The van der Waals surface area contributed by atoms with Crippen LogP contribution in [0.5, 0.6) is 6.01 Å². The van der Waals surface area contributed by atoms with Crippen LogP contribution < -0.4 is 15.4 Å². The van der Waals surface area contributed by atoms with Gasteiger partial charge in [0.1, 0.15) is 6.61 Å². The molecule has 7 heteroatoms. The zero-order valence-electron chi connectivity index (χ0n) is 13.1. The van der Waals surface area contributed by atoms with E-state index in [0.29, 0.717) is 19.2 Å². The number of rotatable bonds is 5. The summed E-state index contributed by atoms with van der Waals surface area (Å²) in [5, 5.41) is 0. The first-order valence-electron chi connectivity index (χ1n) is 7.47. The third kappa shape index (κ3) is 5.34.